The molecule has 1 aliphatic carbocycles. The highest BCUT2D eigenvalue weighted by molar-refractivity contribution is 5.91. The molecule has 0 amide bonds. The Hall–Kier alpha value is -3.08. The second-order valence-electron chi connectivity index (χ2n) is 10.8. The van der Waals surface area contributed by atoms with E-state index in [1.165, 1.54) is 25.7 Å². The normalized spacial score (nSPS) is 18.0. The van der Waals surface area contributed by atoms with Gasteiger partial charge in [0.2, 0.25) is 0 Å². The van der Waals surface area contributed by atoms with Gasteiger partial charge >= 0.3 is 11.9 Å². The largest absolute Gasteiger partial charge is 0.494 e. The van der Waals surface area contributed by atoms with E-state index in [9.17, 15) is 9.59 Å². The van der Waals surface area contributed by atoms with Gasteiger partial charge in [-0.25, -0.2) is 4.79 Å². The molecule has 2 aromatic rings. The lowest BCUT2D eigenvalue weighted by Crippen LogP contribution is -2.25. The predicted octanol–water partition coefficient (Wildman–Crippen LogP) is 8.96. The molecule has 0 N–H and O–H groups in total. The van der Waals surface area contributed by atoms with Gasteiger partial charge in [0.25, 0.3) is 0 Å². The molecule has 0 radical (unpaired) electrons. The molecule has 0 spiro atoms. The molecule has 1 fully saturated rings. The first-order chi connectivity index (χ1) is 19.0. The molecule has 1 atom stereocenters. The van der Waals surface area contributed by atoms with Crippen molar-refractivity contribution in [2.75, 3.05) is 6.61 Å². The fourth-order valence-corrected chi connectivity index (χ4v) is 4.80. The third kappa shape index (κ3) is 10.9. The zero-order valence-electron chi connectivity index (χ0n) is 24.0. The van der Waals surface area contributed by atoms with E-state index in [0.29, 0.717) is 29.6 Å². The number of rotatable bonds is 15. The standard InChI is InChI=1S/C34H46O5/c1-4-6-8-12-27-13-15-28(16-14-27)33(35)38-31-21-23-32(24-22-31)39-34(36)29-17-19-30(20-18-29)37-25-10-7-9-11-26(3)5-2/h8,12,17-24,26-28H,4-7,9-11,13-16,25H2,1-3H3. The van der Waals surface area contributed by atoms with Crippen LogP contribution in [0, 0.1) is 17.8 Å². The lowest BCUT2D eigenvalue weighted by molar-refractivity contribution is -0.140. The second kappa shape index (κ2) is 16.8. The number of carbonyl (C=O) groups excluding carboxylic acids is 2. The lowest BCUT2D eigenvalue weighted by Gasteiger charge is -2.25. The molecule has 212 valence electrons. The Morgan fingerprint density at radius 3 is 2.13 bits per heavy atom. The van der Waals surface area contributed by atoms with E-state index in [1.807, 2.05) is 0 Å². The fourth-order valence-electron chi connectivity index (χ4n) is 4.80. The van der Waals surface area contributed by atoms with Gasteiger partial charge in [-0.05, 0) is 98.9 Å². The van der Waals surface area contributed by atoms with Crippen LogP contribution in [0.15, 0.2) is 60.7 Å². The Bertz CT molecular complexity index is 1020. The van der Waals surface area contributed by atoms with E-state index >= 15 is 0 Å². The summed E-state index contributed by atoms with van der Waals surface area (Å²) in [7, 11) is 0. The Morgan fingerprint density at radius 1 is 0.846 bits per heavy atom. The van der Waals surface area contributed by atoms with Crippen LogP contribution >= 0.6 is 0 Å². The van der Waals surface area contributed by atoms with Crippen LogP contribution in [0.1, 0.15) is 102 Å². The summed E-state index contributed by atoms with van der Waals surface area (Å²) in [5, 5.41) is 0. The maximum atomic E-state index is 12.6. The summed E-state index contributed by atoms with van der Waals surface area (Å²) in [6, 6.07) is 13.7. The van der Waals surface area contributed by atoms with Gasteiger partial charge in [-0.2, -0.15) is 0 Å². The Balaban J connectivity index is 1.37. The van der Waals surface area contributed by atoms with Crippen LogP contribution in [0.4, 0.5) is 0 Å². The van der Waals surface area contributed by atoms with Gasteiger partial charge in [0.05, 0.1) is 18.1 Å². The van der Waals surface area contributed by atoms with Gasteiger partial charge in [-0.3, -0.25) is 4.79 Å². The van der Waals surface area contributed by atoms with Crippen molar-refractivity contribution < 1.29 is 23.8 Å². The third-order valence-corrected chi connectivity index (χ3v) is 7.62. The molecule has 0 aromatic heterocycles. The number of ether oxygens (including phenoxy) is 3. The minimum absolute atomic E-state index is 0.0557. The molecular formula is C34H46O5. The monoisotopic (exact) mass is 534 g/mol. The molecular weight excluding hydrogens is 488 g/mol. The highest BCUT2D eigenvalue weighted by atomic mass is 16.5. The lowest BCUT2D eigenvalue weighted by atomic mass is 9.82. The van der Waals surface area contributed by atoms with Crippen LogP contribution in [0.5, 0.6) is 17.2 Å². The van der Waals surface area contributed by atoms with Crippen molar-refractivity contribution in [3.63, 3.8) is 0 Å². The fraction of sp³-hybridized carbons (Fsp3) is 0.529. The first-order valence-corrected chi connectivity index (χ1v) is 14.9. The molecule has 1 unspecified atom stereocenters. The Kier molecular flexibility index (Phi) is 13.1. The summed E-state index contributed by atoms with van der Waals surface area (Å²) < 4.78 is 16.9. The minimum Gasteiger partial charge on any atom is -0.494 e. The third-order valence-electron chi connectivity index (χ3n) is 7.62. The van der Waals surface area contributed by atoms with Crippen molar-refractivity contribution in [2.24, 2.45) is 17.8 Å². The van der Waals surface area contributed by atoms with E-state index in [4.69, 9.17) is 14.2 Å². The first-order valence-electron chi connectivity index (χ1n) is 14.9. The number of hydrogen-bond donors (Lipinski definition) is 0. The van der Waals surface area contributed by atoms with Crippen molar-refractivity contribution in [2.45, 2.75) is 91.4 Å². The van der Waals surface area contributed by atoms with E-state index in [1.54, 1.807) is 48.5 Å². The summed E-state index contributed by atoms with van der Waals surface area (Å²) in [5.41, 5.74) is 0.451. The molecule has 2 aromatic carbocycles. The average molecular weight is 535 g/mol. The van der Waals surface area contributed by atoms with Crippen LogP contribution in [0.2, 0.25) is 0 Å². The van der Waals surface area contributed by atoms with Crippen molar-refractivity contribution in [3.8, 4) is 17.2 Å². The Morgan fingerprint density at radius 2 is 1.49 bits per heavy atom. The molecule has 0 heterocycles. The van der Waals surface area contributed by atoms with Crippen molar-refractivity contribution >= 4 is 11.9 Å². The highest BCUT2D eigenvalue weighted by Gasteiger charge is 2.26. The molecule has 39 heavy (non-hydrogen) atoms. The van der Waals surface area contributed by atoms with E-state index < -0.39 is 5.97 Å². The highest BCUT2D eigenvalue weighted by Crippen LogP contribution is 2.31. The van der Waals surface area contributed by atoms with Gasteiger partial charge < -0.3 is 14.2 Å². The van der Waals surface area contributed by atoms with E-state index in [-0.39, 0.29) is 11.9 Å². The molecule has 3 rings (SSSR count). The number of unbranched alkanes of at least 4 members (excludes halogenated alkanes) is 3. The summed E-state index contributed by atoms with van der Waals surface area (Å²) >= 11 is 0. The number of benzene rings is 2. The molecule has 1 aliphatic rings. The van der Waals surface area contributed by atoms with Gasteiger partial charge in [-0.1, -0.05) is 65.0 Å². The summed E-state index contributed by atoms with van der Waals surface area (Å²) in [4.78, 5) is 25.2. The zero-order valence-corrected chi connectivity index (χ0v) is 24.0. The Labute approximate surface area is 234 Å². The number of allylic oxidation sites excluding steroid dienone is 2. The SMILES string of the molecule is CCCC=CC1CCC(C(=O)Oc2ccc(OC(=O)c3ccc(OCCCCCC(C)CC)cc3)cc2)CC1. The van der Waals surface area contributed by atoms with Gasteiger partial charge in [0.1, 0.15) is 17.2 Å². The average Bonchev–Trinajstić information content (AvgIpc) is 2.96. The molecule has 0 saturated heterocycles. The zero-order chi connectivity index (χ0) is 27.9. The quantitative estimate of drug-likeness (QED) is 0.0987. The van der Waals surface area contributed by atoms with Crippen molar-refractivity contribution in [1.29, 1.82) is 0 Å². The predicted molar refractivity (Wildman–Crippen MR) is 156 cm³/mol. The van der Waals surface area contributed by atoms with Crippen molar-refractivity contribution in [3.05, 3.63) is 66.2 Å². The number of hydrogen-bond acceptors (Lipinski definition) is 5. The van der Waals surface area contributed by atoms with Gasteiger partial charge in [-0.15, -0.1) is 0 Å². The van der Waals surface area contributed by atoms with E-state index in [0.717, 1.165) is 56.6 Å². The number of esters is 2. The summed E-state index contributed by atoms with van der Waals surface area (Å²) in [6.07, 6.45) is 16.6. The van der Waals surface area contributed by atoms with Gasteiger partial charge in [0, 0.05) is 0 Å². The van der Waals surface area contributed by atoms with E-state index in [2.05, 4.69) is 32.9 Å². The van der Waals surface area contributed by atoms with Gasteiger partial charge in [0.15, 0.2) is 0 Å². The van der Waals surface area contributed by atoms with Crippen LogP contribution in [0.3, 0.4) is 0 Å². The van der Waals surface area contributed by atoms with Crippen LogP contribution < -0.4 is 14.2 Å². The smallest absolute Gasteiger partial charge is 0.343 e. The maximum absolute atomic E-state index is 12.6. The molecule has 5 heteroatoms. The van der Waals surface area contributed by atoms with Crippen LogP contribution in [-0.4, -0.2) is 18.5 Å². The topological polar surface area (TPSA) is 61.8 Å². The van der Waals surface area contributed by atoms with Crippen LogP contribution in [-0.2, 0) is 4.79 Å². The molecule has 0 bridgehead atoms. The molecule has 0 aliphatic heterocycles. The summed E-state index contributed by atoms with van der Waals surface area (Å²) in [5.74, 6) is 2.31. The number of carbonyl (C=O) groups is 2. The van der Waals surface area contributed by atoms with Crippen LogP contribution in [0.25, 0.3) is 0 Å². The van der Waals surface area contributed by atoms with Crippen molar-refractivity contribution in [1.82, 2.24) is 0 Å². The summed E-state index contributed by atoms with van der Waals surface area (Å²) in [6.45, 7) is 7.40. The second-order valence-corrected chi connectivity index (χ2v) is 10.8. The minimum atomic E-state index is -0.443. The molecule has 5 nitrogen and oxygen atoms in total. The maximum Gasteiger partial charge on any atom is 0.343 e. The molecule has 1 saturated carbocycles. The first kappa shape index (κ1) is 30.5.